The molecule has 1 N–H and O–H groups in total. The number of nitrogens with one attached hydrogen (secondary N) is 1. The lowest BCUT2D eigenvalue weighted by Crippen LogP contribution is -2.32. The van der Waals surface area contributed by atoms with E-state index in [1.54, 1.807) is 43.6 Å². The molecular formula is C24H24ClN7O3. The van der Waals surface area contributed by atoms with E-state index in [2.05, 4.69) is 20.4 Å². The second kappa shape index (κ2) is 9.38. The van der Waals surface area contributed by atoms with E-state index in [9.17, 15) is 4.79 Å². The number of hydrogen-bond donors (Lipinski definition) is 1. The van der Waals surface area contributed by atoms with Crippen molar-refractivity contribution in [3.63, 3.8) is 0 Å². The molecule has 0 bridgehead atoms. The van der Waals surface area contributed by atoms with Crippen LogP contribution in [0.25, 0.3) is 17.1 Å². The number of para-hydroxylation sites is 1. The van der Waals surface area contributed by atoms with Gasteiger partial charge < -0.3 is 14.4 Å². The second-order valence-corrected chi connectivity index (χ2v) is 8.59. The molecule has 11 heteroatoms. The van der Waals surface area contributed by atoms with E-state index in [0.29, 0.717) is 51.5 Å². The number of aryl methyl sites for hydroxylation is 1. The number of halogens is 1. The number of hydrogen-bond acceptors (Lipinski definition) is 7. The van der Waals surface area contributed by atoms with Crippen molar-refractivity contribution in [2.45, 2.75) is 25.8 Å². The number of rotatable bonds is 6. The van der Waals surface area contributed by atoms with Gasteiger partial charge in [-0.15, -0.1) is 0 Å². The Morgan fingerprint density at radius 3 is 2.71 bits per heavy atom. The van der Waals surface area contributed by atoms with Crippen LogP contribution in [0.1, 0.15) is 40.6 Å². The van der Waals surface area contributed by atoms with Crippen LogP contribution in [0.3, 0.4) is 0 Å². The van der Waals surface area contributed by atoms with Gasteiger partial charge in [0.25, 0.3) is 5.91 Å². The number of benzene rings is 2. The minimum absolute atomic E-state index is 0.156. The summed E-state index contributed by atoms with van der Waals surface area (Å²) in [5.74, 6) is 2.02. The average molecular weight is 494 g/mol. The van der Waals surface area contributed by atoms with E-state index in [4.69, 9.17) is 26.1 Å². The Morgan fingerprint density at radius 1 is 1.17 bits per heavy atom. The third-order valence-electron chi connectivity index (χ3n) is 6.12. The van der Waals surface area contributed by atoms with Gasteiger partial charge in [0.05, 0.1) is 54.5 Å². The molecule has 0 saturated carbocycles. The molecule has 2 aromatic heterocycles. The van der Waals surface area contributed by atoms with E-state index < -0.39 is 0 Å². The zero-order chi connectivity index (χ0) is 24.5. The highest BCUT2D eigenvalue weighted by Gasteiger charge is 2.35. The minimum atomic E-state index is -0.264. The quantitative estimate of drug-likeness (QED) is 0.432. The molecule has 1 aliphatic heterocycles. The Kier molecular flexibility index (Phi) is 6.12. The average Bonchev–Trinajstić information content (AvgIpc) is 3.64. The fourth-order valence-electron chi connectivity index (χ4n) is 4.45. The number of aromatic nitrogens is 6. The van der Waals surface area contributed by atoms with Gasteiger partial charge >= 0.3 is 0 Å². The van der Waals surface area contributed by atoms with Crippen molar-refractivity contribution >= 4 is 17.5 Å². The van der Waals surface area contributed by atoms with Gasteiger partial charge in [-0.25, -0.2) is 4.98 Å². The zero-order valence-electron chi connectivity index (χ0n) is 19.5. The molecule has 0 aliphatic carbocycles. The van der Waals surface area contributed by atoms with Crippen molar-refractivity contribution in [1.82, 2.24) is 35.1 Å². The van der Waals surface area contributed by atoms with Gasteiger partial charge in [-0.2, -0.15) is 20.1 Å². The van der Waals surface area contributed by atoms with Crippen LogP contribution < -0.4 is 9.47 Å². The van der Waals surface area contributed by atoms with Crippen molar-refractivity contribution in [2.75, 3.05) is 20.8 Å². The summed E-state index contributed by atoms with van der Waals surface area (Å²) in [7, 11) is 3.14. The first kappa shape index (κ1) is 22.9. The molecule has 0 radical (unpaired) electrons. The SMILES string of the molecule is COc1cc(C(=O)N2CCCC2c2nc(-c3cccc(Cl)c3OC)n[nH]2)c(-n2nccn2)cc1C. The van der Waals surface area contributed by atoms with Crippen LogP contribution in [0, 0.1) is 6.92 Å². The first-order chi connectivity index (χ1) is 17.0. The fraction of sp³-hybridized carbons (Fsp3) is 0.292. The molecular weight excluding hydrogens is 470 g/mol. The lowest BCUT2D eigenvalue weighted by Gasteiger charge is -2.24. The Balaban J connectivity index is 1.50. The summed E-state index contributed by atoms with van der Waals surface area (Å²) in [6.45, 7) is 2.50. The smallest absolute Gasteiger partial charge is 0.256 e. The standard InChI is InChI=1S/C24H24ClN7O3/c1-14-12-19(32-26-9-10-27-32)16(13-20(14)34-2)24(33)31-11-5-8-18(31)23-28-22(29-30-23)15-6-4-7-17(25)21(15)35-3/h4,6-7,9-10,12-13,18H,5,8,11H2,1-3H3,(H,28,29,30). The van der Waals surface area contributed by atoms with Crippen LogP contribution in [0.15, 0.2) is 42.7 Å². The molecule has 1 saturated heterocycles. The normalized spacial score (nSPS) is 15.4. The molecule has 1 aliphatic rings. The van der Waals surface area contributed by atoms with Gasteiger partial charge in [-0.3, -0.25) is 9.89 Å². The molecule has 5 rings (SSSR count). The van der Waals surface area contributed by atoms with Crippen LogP contribution in [0.5, 0.6) is 11.5 Å². The number of methoxy groups -OCH3 is 2. The van der Waals surface area contributed by atoms with Crippen LogP contribution in [-0.4, -0.2) is 61.7 Å². The largest absolute Gasteiger partial charge is 0.496 e. The molecule has 0 spiro atoms. The lowest BCUT2D eigenvalue weighted by molar-refractivity contribution is 0.0729. The number of aromatic amines is 1. The predicted molar refractivity (Wildman–Crippen MR) is 129 cm³/mol. The summed E-state index contributed by atoms with van der Waals surface area (Å²) in [6.07, 6.45) is 4.75. The maximum absolute atomic E-state index is 13.8. The van der Waals surface area contributed by atoms with Crippen molar-refractivity contribution in [2.24, 2.45) is 0 Å². The number of H-pyrrole nitrogens is 1. The molecule has 35 heavy (non-hydrogen) atoms. The van der Waals surface area contributed by atoms with Gasteiger partial charge in [-0.1, -0.05) is 17.7 Å². The van der Waals surface area contributed by atoms with Crippen LogP contribution in [-0.2, 0) is 0 Å². The maximum Gasteiger partial charge on any atom is 0.256 e. The van der Waals surface area contributed by atoms with Crippen LogP contribution in [0.2, 0.25) is 5.02 Å². The number of nitrogens with zero attached hydrogens (tertiary/aromatic N) is 6. The highest BCUT2D eigenvalue weighted by molar-refractivity contribution is 6.32. The summed E-state index contributed by atoms with van der Waals surface area (Å²) >= 11 is 6.27. The Labute approximate surface area is 206 Å². The first-order valence-corrected chi connectivity index (χ1v) is 11.5. The molecule has 1 fully saturated rings. The highest BCUT2D eigenvalue weighted by Crippen LogP contribution is 2.37. The predicted octanol–water partition coefficient (Wildman–Crippen LogP) is 4.01. The lowest BCUT2D eigenvalue weighted by atomic mass is 10.1. The monoisotopic (exact) mass is 493 g/mol. The highest BCUT2D eigenvalue weighted by atomic mass is 35.5. The summed E-state index contributed by atoms with van der Waals surface area (Å²) in [6, 6.07) is 8.74. The topological polar surface area (TPSA) is 111 Å². The zero-order valence-corrected chi connectivity index (χ0v) is 20.3. The van der Waals surface area contributed by atoms with Crippen molar-refractivity contribution in [1.29, 1.82) is 0 Å². The Bertz CT molecular complexity index is 1370. The second-order valence-electron chi connectivity index (χ2n) is 8.18. The van der Waals surface area contributed by atoms with Gasteiger partial charge in [0, 0.05) is 6.54 Å². The number of amides is 1. The third kappa shape index (κ3) is 4.10. The van der Waals surface area contributed by atoms with E-state index >= 15 is 0 Å². The molecule has 180 valence electrons. The molecule has 10 nitrogen and oxygen atoms in total. The number of ether oxygens (including phenoxy) is 2. The summed E-state index contributed by atoms with van der Waals surface area (Å²) in [4.78, 5) is 21.8. The third-order valence-corrected chi connectivity index (χ3v) is 6.42. The maximum atomic E-state index is 13.8. The Morgan fingerprint density at radius 2 is 1.97 bits per heavy atom. The van der Waals surface area contributed by atoms with Gasteiger partial charge in [-0.05, 0) is 49.6 Å². The summed E-state index contributed by atoms with van der Waals surface area (Å²) < 4.78 is 10.9. The fourth-order valence-corrected chi connectivity index (χ4v) is 4.71. The van der Waals surface area contributed by atoms with Crippen molar-refractivity contribution in [3.8, 4) is 28.6 Å². The van der Waals surface area contributed by atoms with Gasteiger partial charge in [0.2, 0.25) is 0 Å². The van der Waals surface area contributed by atoms with Gasteiger partial charge in [0.1, 0.15) is 17.3 Å². The molecule has 3 heterocycles. The number of carbonyl (C=O) groups is 1. The summed E-state index contributed by atoms with van der Waals surface area (Å²) in [5.41, 5.74) is 2.59. The minimum Gasteiger partial charge on any atom is -0.496 e. The van der Waals surface area contributed by atoms with E-state index in [-0.39, 0.29) is 11.9 Å². The molecule has 1 unspecified atom stereocenters. The van der Waals surface area contributed by atoms with Crippen LogP contribution >= 0.6 is 11.6 Å². The molecule has 4 aromatic rings. The van der Waals surface area contributed by atoms with Crippen molar-refractivity contribution in [3.05, 3.63) is 64.7 Å². The van der Waals surface area contributed by atoms with E-state index in [1.165, 1.54) is 4.80 Å². The molecule has 1 amide bonds. The molecule has 2 aromatic carbocycles. The Hall–Kier alpha value is -3.92. The van der Waals surface area contributed by atoms with Crippen molar-refractivity contribution < 1.29 is 14.3 Å². The number of carbonyl (C=O) groups excluding carboxylic acids is 1. The van der Waals surface area contributed by atoms with E-state index in [1.807, 2.05) is 25.1 Å². The molecule has 1 atom stereocenters. The van der Waals surface area contributed by atoms with Gasteiger partial charge in [0.15, 0.2) is 5.82 Å². The van der Waals surface area contributed by atoms with Crippen LogP contribution in [0.4, 0.5) is 0 Å². The number of likely N-dealkylation sites (tertiary alicyclic amines) is 1. The first-order valence-electron chi connectivity index (χ1n) is 11.1. The summed E-state index contributed by atoms with van der Waals surface area (Å²) in [5, 5.41) is 16.3. The van der Waals surface area contributed by atoms with E-state index in [0.717, 1.165) is 18.4 Å².